The van der Waals surface area contributed by atoms with Crippen molar-refractivity contribution in [2.45, 2.75) is 295 Å². The van der Waals surface area contributed by atoms with Crippen molar-refractivity contribution in [3.05, 3.63) is 36.5 Å². The Morgan fingerprint density at radius 1 is 0.543 bits per heavy atom. The number of esters is 1. The van der Waals surface area contributed by atoms with Gasteiger partial charge < -0.3 is 34.3 Å². The average Bonchev–Trinajstić information content (AvgIpc) is 3.34. The maximum absolute atomic E-state index is 13.0. The van der Waals surface area contributed by atoms with E-state index >= 15 is 0 Å². The highest BCUT2D eigenvalue weighted by Crippen LogP contribution is 2.26. The summed E-state index contributed by atoms with van der Waals surface area (Å²) in [7, 11) is -5.07. The Morgan fingerprint density at radius 3 is 1.40 bits per heavy atom. The first-order valence-corrected chi connectivity index (χ1v) is 30.1. The van der Waals surface area contributed by atoms with Crippen LogP contribution < -0.4 is 0 Å². The van der Waals surface area contributed by atoms with Crippen molar-refractivity contribution in [1.82, 2.24) is 0 Å². The number of rotatable bonds is 51. The van der Waals surface area contributed by atoms with E-state index in [4.69, 9.17) is 18.9 Å². The van der Waals surface area contributed by atoms with Crippen LogP contribution in [0.3, 0.4) is 0 Å². The van der Waals surface area contributed by atoms with Crippen molar-refractivity contribution in [1.29, 1.82) is 0 Å². The van der Waals surface area contributed by atoms with Crippen molar-refractivity contribution < 1.29 is 56.2 Å². The largest absolute Gasteiger partial charge is 0.457 e. The molecule has 70 heavy (non-hydrogen) atoms. The SMILES string of the molecule is CCCCC/C=C\C/C=C\CCCCCCCCCCCCOCC(COC1OC(CO)C(O)C(OS(=O)(=O)O)C1O)OC(=O)CCCCCCCCCCCCC/C=C\CCCCCCCCCC. The van der Waals surface area contributed by atoms with E-state index < -0.39 is 59.8 Å². The topological polar surface area (TPSA) is 178 Å². The molecule has 4 N–H and O–H groups in total. The van der Waals surface area contributed by atoms with Crippen molar-refractivity contribution >= 4 is 16.4 Å². The van der Waals surface area contributed by atoms with Crippen LogP contribution in [-0.4, -0.2) is 97.5 Å². The highest BCUT2D eigenvalue weighted by atomic mass is 32.3. The summed E-state index contributed by atoms with van der Waals surface area (Å²) in [6.45, 7) is 4.00. The molecular formula is C57H106O12S. The van der Waals surface area contributed by atoms with Crippen LogP contribution in [0.5, 0.6) is 0 Å². The van der Waals surface area contributed by atoms with Gasteiger partial charge in [-0.2, -0.15) is 8.42 Å². The van der Waals surface area contributed by atoms with Crippen LogP contribution in [0.25, 0.3) is 0 Å². The summed E-state index contributed by atoms with van der Waals surface area (Å²) in [6, 6.07) is 0. The second-order valence-corrected chi connectivity index (χ2v) is 20.9. The Balaban J connectivity index is 2.30. The molecule has 13 heteroatoms. The maximum Gasteiger partial charge on any atom is 0.397 e. The average molecular weight is 1020 g/mol. The van der Waals surface area contributed by atoms with Gasteiger partial charge >= 0.3 is 16.4 Å². The molecule has 1 aliphatic heterocycles. The van der Waals surface area contributed by atoms with Crippen LogP contribution in [0.1, 0.15) is 258 Å². The van der Waals surface area contributed by atoms with E-state index in [9.17, 15) is 33.1 Å². The third-order valence-corrected chi connectivity index (χ3v) is 13.7. The Labute approximate surface area is 428 Å². The summed E-state index contributed by atoms with van der Waals surface area (Å²) in [5.74, 6) is -0.397. The highest BCUT2D eigenvalue weighted by Gasteiger charge is 2.48. The normalized spacial score (nSPS) is 19.3. The van der Waals surface area contributed by atoms with Gasteiger partial charge in [0.25, 0.3) is 0 Å². The fraction of sp³-hybridized carbons (Fsp3) is 0.877. The number of ether oxygens (including phenoxy) is 4. The van der Waals surface area contributed by atoms with E-state index in [1.807, 2.05) is 0 Å². The molecular weight excluding hydrogens is 909 g/mol. The molecule has 0 saturated carbocycles. The first-order chi connectivity index (χ1) is 34.1. The number of allylic oxidation sites excluding steroid dienone is 6. The molecule has 1 aliphatic rings. The second-order valence-electron chi connectivity index (χ2n) is 19.9. The number of aliphatic hydroxyl groups excluding tert-OH is 3. The fourth-order valence-corrected chi connectivity index (χ4v) is 9.39. The van der Waals surface area contributed by atoms with Gasteiger partial charge in [-0.3, -0.25) is 9.35 Å². The minimum Gasteiger partial charge on any atom is -0.457 e. The third-order valence-electron chi connectivity index (χ3n) is 13.2. The molecule has 412 valence electrons. The van der Waals surface area contributed by atoms with Gasteiger partial charge in [0.15, 0.2) is 6.29 Å². The first kappa shape index (κ1) is 66.3. The summed E-state index contributed by atoms with van der Waals surface area (Å²) in [5.41, 5.74) is 0. The lowest BCUT2D eigenvalue weighted by molar-refractivity contribution is -0.301. The monoisotopic (exact) mass is 1010 g/mol. The zero-order valence-electron chi connectivity index (χ0n) is 44.6. The summed E-state index contributed by atoms with van der Waals surface area (Å²) in [6.07, 6.45) is 50.3. The van der Waals surface area contributed by atoms with E-state index in [1.165, 1.54) is 186 Å². The summed E-state index contributed by atoms with van der Waals surface area (Å²) in [5, 5.41) is 30.8. The minimum atomic E-state index is -5.07. The zero-order chi connectivity index (χ0) is 51.0. The van der Waals surface area contributed by atoms with Gasteiger partial charge in [0.1, 0.15) is 30.5 Å². The summed E-state index contributed by atoms with van der Waals surface area (Å²) in [4.78, 5) is 13.0. The Bertz CT molecular complexity index is 1360. The lowest BCUT2D eigenvalue weighted by Gasteiger charge is -2.41. The lowest BCUT2D eigenvalue weighted by Crippen LogP contribution is -2.60. The van der Waals surface area contributed by atoms with Crippen molar-refractivity contribution in [3.63, 3.8) is 0 Å². The first-order valence-electron chi connectivity index (χ1n) is 28.7. The van der Waals surface area contributed by atoms with Gasteiger partial charge in [0.05, 0.1) is 19.8 Å². The van der Waals surface area contributed by atoms with Crippen molar-refractivity contribution in [2.75, 3.05) is 26.4 Å². The number of hydrogen-bond donors (Lipinski definition) is 4. The molecule has 0 amide bonds. The second kappa shape index (κ2) is 48.3. The molecule has 0 aromatic rings. The zero-order valence-corrected chi connectivity index (χ0v) is 45.4. The van der Waals surface area contributed by atoms with Crippen molar-refractivity contribution in [2.24, 2.45) is 0 Å². The molecule has 0 aromatic heterocycles. The van der Waals surface area contributed by atoms with Gasteiger partial charge in [0, 0.05) is 13.0 Å². The molecule has 12 nitrogen and oxygen atoms in total. The standard InChI is InChI=1S/C57H106O12S/c1-3-5-7-9-11-13-15-17-19-21-23-25-26-27-28-30-32-34-36-38-40-42-44-46-53(59)67-51(50-66-57-55(61)56(69-70(62,63)64)54(60)52(48-58)68-57)49-65-47-45-43-41-39-37-35-33-31-29-24-22-20-18-16-14-12-10-8-6-4-2/h12,14,18,20-21,23,51-52,54-58,60-61H,3-11,13,15-17,19,22,24-50H2,1-2H3,(H,62,63,64)/b14-12-,20-18-,23-21-. The number of hydrogen-bond acceptors (Lipinski definition) is 11. The van der Waals surface area contributed by atoms with E-state index in [1.54, 1.807) is 0 Å². The van der Waals surface area contributed by atoms with E-state index in [0.717, 1.165) is 44.9 Å². The molecule has 6 unspecified atom stereocenters. The summed E-state index contributed by atoms with van der Waals surface area (Å²) >= 11 is 0. The Kier molecular flexibility index (Phi) is 45.7. The van der Waals surface area contributed by atoms with E-state index in [-0.39, 0.29) is 19.6 Å². The van der Waals surface area contributed by atoms with E-state index in [0.29, 0.717) is 13.0 Å². The van der Waals surface area contributed by atoms with Crippen LogP contribution in [0.2, 0.25) is 0 Å². The molecule has 6 atom stereocenters. The summed E-state index contributed by atoms with van der Waals surface area (Å²) < 4.78 is 59.4. The molecule has 0 radical (unpaired) electrons. The van der Waals surface area contributed by atoms with Gasteiger partial charge in [-0.25, -0.2) is 4.18 Å². The van der Waals surface area contributed by atoms with Gasteiger partial charge in [-0.1, -0.05) is 217 Å². The smallest absolute Gasteiger partial charge is 0.397 e. The molecule has 1 heterocycles. The van der Waals surface area contributed by atoms with Gasteiger partial charge in [-0.15, -0.1) is 0 Å². The molecule has 1 rings (SSSR count). The molecule has 1 fully saturated rings. The molecule has 0 spiro atoms. The van der Waals surface area contributed by atoms with E-state index in [2.05, 4.69) is 54.5 Å². The third kappa shape index (κ3) is 40.8. The predicted molar refractivity (Wildman–Crippen MR) is 285 cm³/mol. The predicted octanol–water partition coefficient (Wildman–Crippen LogP) is 14.1. The number of aliphatic hydroxyl groups is 3. The number of carbonyl (C=O) groups excluding carboxylic acids is 1. The van der Waals surface area contributed by atoms with Gasteiger partial charge in [0.2, 0.25) is 0 Å². The van der Waals surface area contributed by atoms with Crippen LogP contribution >= 0.6 is 0 Å². The lowest BCUT2D eigenvalue weighted by atomic mass is 9.99. The van der Waals surface area contributed by atoms with Crippen LogP contribution in [0.4, 0.5) is 0 Å². The van der Waals surface area contributed by atoms with Crippen LogP contribution in [-0.2, 0) is 38.3 Å². The Morgan fingerprint density at radius 2 is 0.943 bits per heavy atom. The molecule has 1 saturated heterocycles. The van der Waals surface area contributed by atoms with Crippen LogP contribution in [0, 0.1) is 0 Å². The minimum absolute atomic E-state index is 0.0357. The molecule has 0 bridgehead atoms. The number of unbranched alkanes of at least 4 members (excludes halogenated alkanes) is 32. The Hall–Kier alpha value is -1.68. The number of carbonyl (C=O) groups is 1. The van der Waals surface area contributed by atoms with Gasteiger partial charge in [-0.05, 0) is 70.6 Å². The van der Waals surface area contributed by atoms with Crippen LogP contribution in [0.15, 0.2) is 36.5 Å². The molecule has 0 aliphatic carbocycles. The van der Waals surface area contributed by atoms with Crippen molar-refractivity contribution in [3.8, 4) is 0 Å². The molecule has 0 aromatic carbocycles. The fourth-order valence-electron chi connectivity index (χ4n) is 8.88. The quantitative estimate of drug-likeness (QED) is 0.0196. The highest BCUT2D eigenvalue weighted by molar-refractivity contribution is 7.80. The maximum atomic E-state index is 13.0.